The lowest BCUT2D eigenvalue weighted by Gasteiger charge is -2.01. The Bertz CT molecular complexity index is 341. The van der Waals surface area contributed by atoms with Gasteiger partial charge in [-0.05, 0) is 5.92 Å². The molecule has 0 aliphatic heterocycles. The van der Waals surface area contributed by atoms with Gasteiger partial charge in [-0.3, -0.25) is 9.59 Å². The fraction of sp³-hybridized carbons (Fsp3) is 0.375. The predicted octanol–water partition coefficient (Wildman–Crippen LogP) is 0.445. The van der Waals surface area contributed by atoms with Crippen LogP contribution in [0.15, 0.2) is 0 Å². The predicted molar refractivity (Wildman–Crippen MR) is 46.6 cm³/mol. The normalized spacial score (nSPS) is 10.4. The Hall–Kier alpha value is -1.65. The van der Waals surface area contributed by atoms with Crippen LogP contribution in [0.25, 0.3) is 0 Å². The Kier molecular flexibility index (Phi) is 2.46. The van der Waals surface area contributed by atoms with Gasteiger partial charge >= 0.3 is 0 Å². The molecule has 0 fully saturated rings. The quantitative estimate of drug-likeness (QED) is 0.663. The van der Waals surface area contributed by atoms with Gasteiger partial charge in [-0.2, -0.15) is 0 Å². The molecule has 0 aliphatic carbocycles. The molecule has 0 radical (unpaired) electrons. The number of aldehydes is 1. The minimum Gasteiger partial charge on any atom is -0.364 e. The van der Waals surface area contributed by atoms with Crippen molar-refractivity contribution in [3.8, 4) is 0 Å². The zero-order valence-electron chi connectivity index (χ0n) is 7.50. The number of primary amides is 1. The van der Waals surface area contributed by atoms with Crippen LogP contribution in [0.3, 0.4) is 0 Å². The summed E-state index contributed by atoms with van der Waals surface area (Å²) in [5.74, 6) is -0.394. The summed E-state index contributed by atoms with van der Waals surface area (Å²) in [4.78, 5) is 27.7. The van der Waals surface area contributed by atoms with E-state index in [-0.39, 0.29) is 17.4 Å². The van der Waals surface area contributed by atoms with Crippen molar-refractivity contribution in [2.45, 2.75) is 19.8 Å². The summed E-state index contributed by atoms with van der Waals surface area (Å²) in [6.07, 6.45) is 0.554. The lowest BCUT2D eigenvalue weighted by Crippen LogP contribution is -2.14. The van der Waals surface area contributed by atoms with Gasteiger partial charge in [-0.25, -0.2) is 4.98 Å². The molecule has 0 spiro atoms. The average Bonchev–Trinajstić information content (AvgIpc) is 2.47. The fourth-order valence-electron chi connectivity index (χ4n) is 1.07. The van der Waals surface area contributed by atoms with Crippen molar-refractivity contribution in [3.05, 3.63) is 17.2 Å². The first-order valence-corrected chi connectivity index (χ1v) is 3.91. The average molecular weight is 181 g/mol. The molecule has 3 N–H and O–H groups in total. The number of aromatic nitrogens is 2. The minimum atomic E-state index is -0.618. The van der Waals surface area contributed by atoms with Crippen molar-refractivity contribution >= 4 is 12.2 Å². The van der Waals surface area contributed by atoms with E-state index in [0.29, 0.717) is 12.0 Å². The van der Waals surface area contributed by atoms with Crippen LogP contribution in [-0.4, -0.2) is 22.2 Å². The van der Waals surface area contributed by atoms with E-state index in [9.17, 15) is 9.59 Å². The van der Waals surface area contributed by atoms with E-state index >= 15 is 0 Å². The summed E-state index contributed by atoms with van der Waals surface area (Å²) < 4.78 is 0. The van der Waals surface area contributed by atoms with Crippen LogP contribution in [0, 0.1) is 0 Å². The Morgan fingerprint density at radius 3 is 2.54 bits per heavy atom. The van der Waals surface area contributed by atoms with Gasteiger partial charge in [-0.15, -0.1) is 0 Å². The number of nitrogens with zero attached hydrogens (tertiary/aromatic N) is 1. The highest BCUT2D eigenvalue weighted by molar-refractivity contribution is 5.93. The first-order chi connectivity index (χ1) is 6.06. The minimum absolute atomic E-state index is 0.0868. The van der Waals surface area contributed by atoms with Gasteiger partial charge in [0.15, 0.2) is 12.1 Å². The number of rotatable bonds is 3. The van der Waals surface area contributed by atoms with Crippen LogP contribution in [0.1, 0.15) is 46.6 Å². The van der Waals surface area contributed by atoms with Gasteiger partial charge in [-0.1, -0.05) is 13.8 Å². The number of carbonyl (C=O) groups is 2. The molecule has 1 aromatic rings. The van der Waals surface area contributed by atoms with E-state index in [2.05, 4.69) is 9.97 Å². The summed E-state index contributed by atoms with van der Waals surface area (Å²) in [7, 11) is 0. The third-order valence-electron chi connectivity index (χ3n) is 1.67. The fourth-order valence-corrected chi connectivity index (χ4v) is 1.07. The van der Waals surface area contributed by atoms with Gasteiger partial charge < -0.3 is 10.7 Å². The second-order valence-corrected chi connectivity index (χ2v) is 3.02. The molecule has 0 unspecified atom stereocenters. The van der Waals surface area contributed by atoms with Crippen molar-refractivity contribution in [2.75, 3.05) is 0 Å². The molecule has 0 aliphatic rings. The molecule has 1 heterocycles. The largest absolute Gasteiger partial charge is 0.364 e. The van der Waals surface area contributed by atoms with E-state index in [1.165, 1.54) is 0 Å². The maximum Gasteiger partial charge on any atom is 0.269 e. The number of nitrogens with two attached hydrogens (primary N) is 1. The third-order valence-corrected chi connectivity index (χ3v) is 1.67. The van der Waals surface area contributed by atoms with Crippen LogP contribution in [0.5, 0.6) is 0 Å². The summed E-state index contributed by atoms with van der Waals surface area (Å²) >= 11 is 0. The monoisotopic (exact) mass is 181 g/mol. The van der Waals surface area contributed by atoms with Crippen LogP contribution < -0.4 is 5.73 Å². The standard InChI is InChI=1S/C8H11N3O2/c1-4(2)6-7(8(9)13)11-5(3-12)10-6/h3-4H,1-2H3,(H2,9,13)(H,10,11). The summed E-state index contributed by atoms with van der Waals surface area (Å²) in [5, 5.41) is 0. The Labute approximate surface area is 75.3 Å². The maximum atomic E-state index is 10.9. The third kappa shape index (κ3) is 1.74. The molecule has 1 amide bonds. The van der Waals surface area contributed by atoms with Crippen LogP contribution >= 0.6 is 0 Å². The number of nitrogens with one attached hydrogen (secondary N) is 1. The van der Waals surface area contributed by atoms with Crippen molar-refractivity contribution in [2.24, 2.45) is 5.73 Å². The molecule has 0 aromatic carbocycles. The van der Waals surface area contributed by atoms with Gasteiger partial charge in [0, 0.05) is 0 Å². The number of carbonyl (C=O) groups excluding carboxylic acids is 2. The topological polar surface area (TPSA) is 88.8 Å². The van der Waals surface area contributed by atoms with E-state index in [1.807, 2.05) is 13.8 Å². The molecule has 1 aromatic heterocycles. The number of hydrogen-bond acceptors (Lipinski definition) is 3. The van der Waals surface area contributed by atoms with E-state index < -0.39 is 5.91 Å². The van der Waals surface area contributed by atoms with Crippen molar-refractivity contribution < 1.29 is 9.59 Å². The number of imidazole rings is 1. The van der Waals surface area contributed by atoms with Crippen LogP contribution in [0.4, 0.5) is 0 Å². The smallest absolute Gasteiger partial charge is 0.269 e. The van der Waals surface area contributed by atoms with E-state index in [4.69, 9.17) is 5.73 Å². The number of H-pyrrole nitrogens is 1. The summed E-state index contributed by atoms with van der Waals surface area (Å²) in [6.45, 7) is 3.77. The number of aromatic amines is 1. The Morgan fingerprint density at radius 2 is 2.23 bits per heavy atom. The summed E-state index contributed by atoms with van der Waals surface area (Å²) in [6, 6.07) is 0. The first kappa shape index (κ1) is 9.44. The van der Waals surface area contributed by atoms with E-state index in [1.54, 1.807) is 0 Å². The van der Waals surface area contributed by atoms with Crippen molar-refractivity contribution in [3.63, 3.8) is 0 Å². The molecule has 0 bridgehead atoms. The number of hydrogen-bond donors (Lipinski definition) is 2. The first-order valence-electron chi connectivity index (χ1n) is 3.91. The van der Waals surface area contributed by atoms with Crippen molar-refractivity contribution in [1.82, 2.24) is 9.97 Å². The van der Waals surface area contributed by atoms with Gasteiger partial charge in [0.2, 0.25) is 0 Å². The lowest BCUT2D eigenvalue weighted by atomic mass is 10.1. The second-order valence-electron chi connectivity index (χ2n) is 3.02. The zero-order valence-corrected chi connectivity index (χ0v) is 7.50. The Morgan fingerprint density at radius 1 is 1.62 bits per heavy atom. The molecule has 5 nitrogen and oxygen atoms in total. The summed E-state index contributed by atoms with van der Waals surface area (Å²) in [5.41, 5.74) is 5.84. The molecule has 13 heavy (non-hydrogen) atoms. The van der Waals surface area contributed by atoms with Gasteiger partial charge in [0.05, 0.1) is 5.69 Å². The molecule has 0 atom stereocenters. The van der Waals surface area contributed by atoms with Crippen molar-refractivity contribution in [1.29, 1.82) is 0 Å². The molecular formula is C8H11N3O2. The highest BCUT2D eigenvalue weighted by atomic mass is 16.1. The van der Waals surface area contributed by atoms with E-state index in [0.717, 1.165) is 0 Å². The van der Waals surface area contributed by atoms with Crippen LogP contribution in [0.2, 0.25) is 0 Å². The molecule has 1 rings (SSSR count). The van der Waals surface area contributed by atoms with Gasteiger partial charge in [0.25, 0.3) is 5.91 Å². The van der Waals surface area contributed by atoms with Crippen LogP contribution in [-0.2, 0) is 0 Å². The molecule has 0 saturated carbocycles. The zero-order chi connectivity index (χ0) is 10.0. The highest BCUT2D eigenvalue weighted by Gasteiger charge is 2.16. The molecular weight excluding hydrogens is 170 g/mol. The SMILES string of the molecule is CC(C)c1[nH]c(C=O)nc1C(N)=O. The maximum absolute atomic E-state index is 10.9. The van der Waals surface area contributed by atoms with Gasteiger partial charge in [0.1, 0.15) is 5.69 Å². The second kappa shape index (κ2) is 3.38. The molecule has 5 heteroatoms. The Balaban J connectivity index is 3.22. The lowest BCUT2D eigenvalue weighted by molar-refractivity contribution is 0.0994. The molecule has 0 saturated heterocycles. The highest BCUT2D eigenvalue weighted by Crippen LogP contribution is 2.15. The molecule has 70 valence electrons. The number of amides is 1.